The Labute approximate surface area is 106 Å². The lowest BCUT2D eigenvalue weighted by atomic mass is 9.89. The van der Waals surface area contributed by atoms with Crippen LogP contribution < -0.4 is 5.32 Å². The van der Waals surface area contributed by atoms with E-state index in [9.17, 15) is 4.39 Å². The molecule has 1 N–H and O–H groups in total. The maximum Gasteiger partial charge on any atom is 0.126 e. The van der Waals surface area contributed by atoms with Crippen LogP contribution in [0.25, 0.3) is 0 Å². The van der Waals surface area contributed by atoms with Gasteiger partial charge in [-0.3, -0.25) is 0 Å². The van der Waals surface area contributed by atoms with Crippen LogP contribution in [0.5, 0.6) is 0 Å². The molecule has 0 aliphatic carbocycles. The summed E-state index contributed by atoms with van der Waals surface area (Å²) >= 11 is 3.37. The van der Waals surface area contributed by atoms with Gasteiger partial charge in [-0.05, 0) is 55.6 Å². The Bertz CT molecular complexity index is 341. The van der Waals surface area contributed by atoms with Gasteiger partial charge in [0.1, 0.15) is 5.82 Å². The van der Waals surface area contributed by atoms with E-state index >= 15 is 0 Å². The van der Waals surface area contributed by atoms with Gasteiger partial charge in [0.05, 0.1) is 0 Å². The highest BCUT2D eigenvalue weighted by atomic mass is 79.9. The Kier molecular flexibility index (Phi) is 5.42. The Balaban J connectivity index is 2.68. The number of nitrogens with one attached hydrogen (secondary N) is 1. The predicted octanol–water partition coefficient (Wildman–Crippen LogP) is 3.62. The summed E-state index contributed by atoms with van der Waals surface area (Å²) in [6, 6.07) is 5.13. The third-order valence-corrected chi connectivity index (χ3v) is 3.54. The molecule has 0 amide bonds. The van der Waals surface area contributed by atoms with Gasteiger partial charge in [0, 0.05) is 4.47 Å². The third-order valence-electron chi connectivity index (χ3n) is 3.05. The molecule has 2 unspecified atom stereocenters. The minimum absolute atomic E-state index is 0.105. The summed E-state index contributed by atoms with van der Waals surface area (Å²) in [5.41, 5.74) is 0.796. The van der Waals surface area contributed by atoms with Gasteiger partial charge >= 0.3 is 0 Å². The summed E-state index contributed by atoms with van der Waals surface area (Å²) in [5.74, 6) is 0.909. The molecule has 0 spiro atoms. The van der Waals surface area contributed by atoms with E-state index in [1.165, 1.54) is 6.07 Å². The molecule has 90 valence electrons. The van der Waals surface area contributed by atoms with Crippen LogP contribution in [-0.2, 0) is 6.42 Å². The SMILES string of the molecule is CNCC(C)C(C)Cc1cc(Br)ccc1F. The zero-order valence-corrected chi connectivity index (χ0v) is 11.6. The molecule has 16 heavy (non-hydrogen) atoms. The lowest BCUT2D eigenvalue weighted by Crippen LogP contribution is -2.23. The first-order valence-corrected chi connectivity index (χ1v) is 6.42. The molecule has 0 aliphatic heterocycles. The second-order valence-electron chi connectivity index (χ2n) is 4.45. The van der Waals surface area contributed by atoms with Crippen molar-refractivity contribution in [3.05, 3.63) is 34.1 Å². The minimum Gasteiger partial charge on any atom is -0.319 e. The van der Waals surface area contributed by atoms with E-state index in [0.29, 0.717) is 11.8 Å². The molecule has 1 aromatic carbocycles. The van der Waals surface area contributed by atoms with Crippen LogP contribution in [0.15, 0.2) is 22.7 Å². The van der Waals surface area contributed by atoms with Crippen molar-refractivity contribution < 1.29 is 4.39 Å². The van der Waals surface area contributed by atoms with Crippen LogP contribution >= 0.6 is 15.9 Å². The van der Waals surface area contributed by atoms with Gasteiger partial charge in [-0.15, -0.1) is 0 Å². The Hall–Kier alpha value is -0.410. The summed E-state index contributed by atoms with van der Waals surface area (Å²) in [6.45, 7) is 5.33. The molecule has 1 aromatic rings. The second-order valence-corrected chi connectivity index (χ2v) is 5.37. The summed E-state index contributed by atoms with van der Waals surface area (Å²) < 4.78 is 14.5. The summed E-state index contributed by atoms with van der Waals surface area (Å²) in [5, 5.41) is 3.16. The van der Waals surface area contributed by atoms with Crippen LogP contribution in [0, 0.1) is 17.7 Å². The number of hydrogen-bond acceptors (Lipinski definition) is 1. The standard InChI is InChI=1S/C13H19BrFN/c1-9(10(2)8-16-3)6-11-7-12(14)4-5-13(11)15/h4-5,7,9-10,16H,6,8H2,1-3H3. The molecule has 0 saturated heterocycles. The number of rotatable bonds is 5. The van der Waals surface area contributed by atoms with Gasteiger partial charge in [0.25, 0.3) is 0 Å². The van der Waals surface area contributed by atoms with E-state index < -0.39 is 0 Å². The zero-order chi connectivity index (χ0) is 12.1. The van der Waals surface area contributed by atoms with Crippen molar-refractivity contribution in [3.63, 3.8) is 0 Å². The van der Waals surface area contributed by atoms with E-state index in [2.05, 4.69) is 35.1 Å². The zero-order valence-electron chi connectivity index (χ0n) is 10.1. The smallest absolute Gasteiger partial charge is 0.126 e. The first-order chi connectivity index (χ1) is 7.54. The van der Waals surface area contributed by atoms with Gasteiger partial charge < -0.3 is 5.32 Å². The average Bonchev–Trinajstić information content (AvgIpc) is 2.23. The molecule has 0 bridgehead atoms. The van der Waals surface area contributed by atoms with Crippen LogP contribution in [0.2, 0.25) is 0 Å². The monoisotopic (exact) mass is 287 g/mol. The fourth-order valence-corrected chi connectivity index (χ4v) is 2.18. The lowest BCUT2D eigenvalue weighted by molar-refractivity contribution is 0.370. The summed E-state index contributed by atoms with van der Waals surface area (Å²) in [6.07, 6.45) is 0.786. The predicted molar refractivity (Wildman–Crippen MR) is 70.1 cm³/mol. The van der Waals surface area contributed by atoms with Crippen LogP contribution in [0.4, 0.5) is 4.39 Å². The van der Waals surface area contributed by atoms with E-state index in [0.717, 1.165) is 23.0 Å². The lowest BCUT2D eigenvalue weighted by Gasteiger charge is -2.19. The minimum atomic E-state index is -0.105. The van der Waals surface area contributed by atoms with E-state index in [1.54, 1.807) is 6.07 Å². The van der Waals surface area contributed by atoms with Crippen molar-refractivity contribution in [3.8, 4) is 0 Å². The van der Waals surface area contributed by atoms with Gasteiger partial charge in [-0.2, -0.15) is 0 Å². The van der Waals surface area contributed by atoms with Gasteiger partial charge in [0.15, 0.2) is 0 Å². The maximum absolute atomic E-state index is 13.5. The summed E-state index contributed by atoms with van der Waals surface area (Å²) in [7, 11) is 1.95. The largest absolute Gasteiger partial charge is 0.319 e. The molecular weight excluding hydrogens is 269 g/mol. The number of benzene rings is 1. The highest BCUT2D eigenvalue weighted by Gasteiger charge is 2.14. The highest BCUT2D eigenvalue weighted by Crippen LogP contribution is 2.21. The molecule has 0 aromatic heterocycles. The van der Waals surface area contributed by atoms with Crippen molar-refractivity contribution in [2.24, 2.45) is 11.8 Å². The van der Waals surface area contributed by atoms with E-state index in [4.69, 9.17) is 0 Å². The van der Waals surface area contributed by atoms with Crippen molar-refractivity contribution in [1.29, 1.82) is 0 Å². The van der Waals surface area contributed by atoms with Crippen molar-refractivity contribution in [1.82, 2.24) is 5.32 Å². The van der Waals surface area contributed by atoms with E-state index in [-0.39, 0.29) is 5.82 Å². The highest BCUT2D eigenvalue weighted by molar-refractivity contribution is 9.10. The fraction of sp³-hybridized carbons (Fsp3) is 0.538. The van der Waals surface area contributed by atoms with E-state index in [1.807, 2.05) is 13.1 Å². The summed E-state index contributed by atoms with van der Waals surface area (Å²) in [4.78, 5) is 0. The second kappa shape index (κ2) is 6.36. The topological polar surface area (TPSA) is 12.0 Å². The molecule has 0 aliphatic rings. The first kappa shape index (κ1) is 13.7. The molecule has 0 saturated carbocycles. The third kappa shape index (κ3) is 3.87. The molecular formula is C13H19BrFN. The van der Waals surface area contributed by atoms with Crippen molar-refractivity contribution in [2.75, 3.05) is 13.6 Å². The molecule has 3 heteroatoms. The molecule has 0 radical (unpaired) electrons. The molecule has 0 heterocycles. The van der Waals surface area contributed by atoms with Crippen molar-refractivity contribution >= 4 is 15.9 Å². The van der Waals surface area contributed by atoms with Gasteiger partial charge in [-0.25, -0.2) is 4.39 Å². The maximum atomic E-state index is 13.5. The van der Waals surface area contributed by atoms with Gasteiger partial charge in [-0.1, -0.05) is 29.8 Å². The number of hydrogen-bond donors (Lipinski definition) is 1. The van der Waals surface area contributed by atoms with Crippen LogP contribution in [0.3, 0.4) is 0 Å². The number of halogens is 2. The Morgan fingerprint density at radius 1 is 1.31 bits per heavy atom. The normalized spacial score (nSPS) is 14.8. The van der Waals surface area contributed by atoms with Crippen molar-refractivity contribution in [2.45, 2.75) is 20.3 Å². The molecule has 1 nitrogen and oxygen atoms in total. The Morgan fingerprint density at radius 2 is 2.00 bits per heavy atom. The van der Waals surface area contributed by atoms with Crippen LogP contribution in [-0.4, -0.2) is 13.6 Å². The Morgan fingerprint density at radius 3 is 2.62 bits per heavy atom. The average molecular weight is 288 g/mol. The molecule has 0 fully saturated rings. The van der Waals surface area contributed by atoms with Gasteiger partial charge in [0.2, 0.25) is 0 Å². The first-order valence-electron chi connectivity index (χ1n) is 5.63. The van der Waals surface area contributed by atoms with Crippen LogP contribution in [0.1, 0.15) is 19.4 Å². The molecule has 1 rings (SSSR count). The molecule has 2 atom stereocenters. The fourth-order valence-electron chi connectivity index (χ4n) is 1.77. The quantitative estimate of drug-likeness (QED) is 0.872.